The van der Waals surface area contributed by atoms with Crippen LogP contribution in [0.4, 0.5) is 21.9 Å². The second-order valence-corrected chi connectivity index (χ2v) is 8.93. The van der Waals surface area contributed by atoms with Crippen LogP contribution in [0, 0.1) is 0 Å². The molecule has 5 N–H and O–H groups in total. The zero-order chi connectivity index (χ0) is 28.2. The number of nitrogen functional groups attached to an aromatic ring is 1. The molecule has 0 aromatic heterocycles. The summed E-state index contributed by atoms with van der Waals surface area (Å²) in [6, 6.07) is 31.6. The van der Waals surface area contributed by atoms with Crippen LogP contribution in [-0.4, -0.2) is 23.2 Å². The van der Waals surface area contributed by atoms with Crippen LogP contribution in [0.2, 0.25) is 0 Å². The molecule has 0 spiro atoms. The molecule has 40 heavy (non-hydrogen) atoms. The Kier molecular flexibility index (Phi) is 9.77. The lowest BCUT2D eigenvalue weighted by molar-refractivity contribution is -0.111. The van der Waals surface area contributed by atoms with Crippen molar-refractivity contribution >= 4 is 29.1 Å². The maximum absolute atomic E-state index is 12.9. The zero-order valence-corrected chi connectivity index (χ0v) is 21.8. The number of rotatable bonds is 11. The number of benzene rings is 4. The fourth-order valence-corrected chi connectivity index (χ4v) is 3.99. The lowest BCUT2D eigenvalue weighted by atomic mass is 10.00. The van der Waals surface area contributed by atoms with Crippen LogP contribution in [0.15, 0.2) is 121 Å². The van der Waals surface area contributed by atoms with Gasteiger partial charge in [-0.2, -0.15) is 0 Å². The first-order valence-corrected chi connectivity index (χ1v) is 12.8. The molecule has 4 aromatic rings. The first-order valence-electron chi connectivity index (χ1n) is 12.8. The summed E-state index contributed by atoms with van der Waals surface area (Å²) in [5.74, 6) is 0.376. The van der Waals surface area contributed by atoms with E-state index in [0.29, 0.717) is 41.2 Å². The van der Waals surface area contributed by atoms with Crippen LogP contribution in [0.3, 0.4) is 0 Å². The number of phenols is 1. The van der Waals surface area contributed by atoms with Crippen molar-refractivity contribution in [3.8, 4) is 11.5 Å². The molecule has 2 amide bonds. The molecule has 0 unspecified atom stereocenters. The minimum atomic E-state index is -0.823. The van der Waals surface area contributed by atoms with Crippen molar-refractivity contribution in [2.45, 2.75) is 25.0 Å². The lowest BCUT2D eigenvalue weighted by Crippen LogP contribution is -2.31. The summed E-state index contributed by atoms with van der Waals surface area (Å²) >= 11 is 0. The minimum Gasteiger partial charge on any atom is -0.508 e. The summed E-state index contributed by atoms with van der Waals surface area (Å²) in [4.78, 5) is 25.3. The molecule has 0 saturated heterocycles. The van der Waals surface area contributed by atoms with E-state index in [4.69, 9.17) is 15.2 Å². The zero-order valence-electron chi connectivity index (χ0n) is 21.8. The maximum Gasteiger partial charge on any atom is 0.412 e. The Morgan fingerprint density at radius 2 is 1.48 bits per heavy atom. The molecular formula is C32H31N3O5. The largest absolute Gasteiger partial charge is 0.508 e. The van der Waals surface area contributed by atoms with E-state index in [-0.39, 0.29) is 11.7 Å². The molecule has 0 aliphatic rings. The van der Waals surface area contributed by atoms with Crippen LogP contribution in [-0.2, 0) is 9.53 Å². The van der Waals surface area contributed by atoms with Crippen LogP contribution in [0.5, 0.6) is 11.5 Å². The molecule has 0 fully saturated rings. The Hall–Kier alpha value is -5.24. The predicted octanol–water partition coefficient (Wildman–Crippen LogP) is 6.69. The quantitative estimate of drug-likeness (QED) is 0.125. The number of carbonyl (C=O) groups excluding carboxylic acids is 2. The Morgan fingerprint density at radius 1 is 0.825 bits per heavy atom. The third kappa shape index (κ3) is 8.39. The third-order valence-corrected chi connectivity index (χ3v) is 5.95. The fraction of sp³-hybridized carbons (Fsp3) is 0.125. The number of carbonyl (C=O) groups is 2. The highest BCUT2D eigenvalue weighted by atomic mass is 16.6. The van der Waals surface area contributed by atoms with Gasteiger partial charge in [0.25, 0.3) is 0 Å². The number of hydrogen-bond donors (Lipinski definition) is 4. The van der Waals surface area contributed by atoms with Gasteiger partial charge in [-0.05, 0) is 73.0 Å². The molecule has 8 nitrogen and oxygen atoms in total. The van der Waals surface area contributed by atoms with Gasteiger partial charge in [0.15, 0.2) is 6.10 Å². The number of nitrogens with two attached hydrogens (primary N) is 1. The summed E-state index contributed by atoms with van der Waals surface area (Å²) in [7, 11) is 0. The summed E-state index contributed by atoms with van der Waals surface area (Å²) in [5.41, 5.74) is 8.15. The number of aromatic hydroxyl groups is 1. The van der Waals surface area contributed by atoms with Gasteiger partial charge < -0.3 is 25.6 Å². The Labute approximate surface area is 233 Å². The highest BCUT2D eigenvalue weighted by molar-refractivity contribution is 6.01. The summed E-state index contributed by atoms with van der Waals surface area (Å²) in [6.45, 7) is 0. The predicted molar refractivity (Wildman–Crippen MR) is 156 cm³/mol. The van der Waals surface area contributed by atoms with E-state index in [1.807, 2.05) is 48.5 Å². The van der Waals surface area contributed by atoms with Crippen LogP contribution in [0.1, 0.15) is 24.5 Å². The molecule has 8 heteroatoms. The van der Waals surface area contributed by atoms with E-state index in [9.17, 15) is 14.7 Å². The van der Waals surface area contributed by atoms with Crippen molar-refractivity contribution in [1.82, 2.24) is 0 Å². The molecule has 0 radical (unpaired) electrons. The number of para-hydroxylation sites is 4. The number of hydrogen-bond acceptors (Lipinski definition) is 6. The molecule has 4 rings (SSSR count). The fourth-order valence-electron chi connectivity index (χ4n) is 3.99. The van der Waals surface area contributed by atoms with Crippen LogP contribution < -0.4 is 21.1 Å². The van der Waals surface area contributed by atoms with Gasteiger partial charge >= 0.3 is 6.09 Å². The summed E-state index contributed by atoms with van der Waals surface area (Å²) < 4.78 is 12.2. The standard InChI is InChI=1S/C32H31N3O5/c33-27-15-7-8-16-28(27)35-30(37)18-10-9-17-29(39-26-13-5-2-6-14-26)31(23-19-21-25(36)22-20-23)40-32(38)34-24-11-3-1-4-12-24/h1-8,10-16,18-22,29,31,36H,9,17,33H2,(H,34,38)(H,35,37)/b18-10+/t29-,31-/m0/s1. The molecule has 0 aliphatic heterocycles. The van der Waals surface area contributed by atoms with Gasteiger partial charge in [-0.25, -0.2) is 4.79 Å². The Morgan fingerprint density at radius 3 is 2.17 bits per heavy atom. The maximum atomic E-state index is 12.9. The smallest absolute Gasteiger partial charge is 0.412 e. The van der Waals surface area contributed by atoms with Gasteiger partial charge in [0.2, 0.25) is 5.91 Å². The molecule has 4 aromatic carbocycles. The molecule has 0 bridgehead atoms. The van der Waals surface area contributed by atoms with Crippen molar-refractivity contribution in [2.24, 2.45) is 0 Å². The van der Waals surface area contributed by atoms with Gasteiger partial charge in [-0.1, -0.05) is 66.7 Å². The molecule has 0 aliphatic carbocycles. The average molecular weight is 538 g/mol. The highest BCUT2D eigenvalue weighted by Gasteiger charge is 2.29. The number of anilines is 3. The van der Waals surface area contributed by atoms with E-state index < -0.39 is 18.3 Å². The van der Waals surface area contributed by atoms with Crippen molar-refractivity contribution in [3.63, 3.8) is 0 Å². The molecule has 0 heterocycles. The summed E-state index contributed by atoms with van der Waals surface area (Å²) in [6.07, 6.45) is 1.94. The van der Waals surface area contributed by atoms with E-state index in [1.54, 1.807) is 54.6 Å². The van der Waals surface area contributed by atoms with Gasteiger partial charge in [-0.15, -0.1) is 0 Å². The second-order valence-electron chi connectivity index (χ2n) is 8.93. The van der Waals surface area contributed by atoms with Crippen LogP contribution in [0.25, 0.3) is 0 Å². The summed E-state index contributed by atoms with van der Waals surface area (Å²) in [5, 5.41) is 15.3. The number of ether oxygens (including phenoxy) is 2. The first-order chi connectivity index (χ1) is 19.5. The molecule has 0 saturated carbocycles. The Balaban J connectivity index is 1.51. The third-order valence-electron chi connectivity index (χ3n) is 5.95. The number of amides is 2. The molecule has 2 atom stereocenters. The number of nitrogens with one attached hydrogen (secondary N) is 2. The van der Waals surface area contributed by atoms with Crippen molar-refractivity contribution in [3.05, 3.63) is 127 Å². The van der Waals surface area contributed by atoms with Crippen molar-refractivity contribution in [1.29, 1.82) is 0 Å². The minimum absolute atomic E-state index is 0.0877. The van der Waals surface area contributed by atoms with E-state index in [1.165, 1.54) is 18.2 Å². The van der Waals surface area contributed by atoms with Crippen molar-refractivity contribution in [2.75, 3.05) is 16.4 Å². The molecular weight excluding hydrogens is 506 g/mol. The Bertz CT molecular complexity index is 1410. The normalized spacial score (nSPS) is 12.3. The van der Waals surface area contributed by atoms with Crippen molar-refractivity contribution < 1.29 is 24.2 Å². The SMILES string of the molecule is Nc1ccccc1NC(=O)/C=C/CC[C@H](Oc1ccccc1)[C@@H](OC(=O)Nc1ccccc1)c1ccc(O)cc1. The van der Waals surface area contributed by atoms with Crippen LogP contribution >= 0.6 is 0 Å². The van der Waals surface area contributed by atoms with E-state index in [0.717, 1.165) is 0 Å². The average Bonchev–Trinajstić information content (AvgIpc) is 2.96. The molecule has 204 valence electrons. The van der Waals surface area contributed by atoms with E-state index in [2.05, 4.69) is 10.6 Å². The monoisotopic (exact) mass is 537 g/mol. The van der Waals surface area contributed by atoms with Gasteiger partial charge in [0, 0.05) is 5.69 Å². The topological polar surface area (TPSA) is 123 Å². The van der Waals surface area contributed by atoms with E-state index >= 15 is 0 Å². The van der Waals surface area contributed by atoms with Gasteiger partial charge in [0.05, 0.1) is 11.4 Å². The van der Waals surface area contributed by atoms with Gasteiger partial charge in [0.1, 0.15) is 17.6 Å². The highest BCUT2D eigenvalue weighted by Crippen LogP contribution is 2.30. The lowest BCUT2D eigenvalue weighted by Gasteiger charge is -2.28. The second kappa shape index (κ2) is 14.1. The van der Waals surface area contributed by atoms with Gasteiger partial charge in [-0.3, -0.25) is 10.1 Å². The first kappa shape index (κ1) is 27.8. The number of allylic oxidation sites excluding steroid dienone is 1. The number of phenolic OH excluding ortho intramolecular Hbond substituents is 1.